The number of hydrogen-bond acceptors (Lipinski definition) is 3. The van der Waals surface area contributed by atoms with E-state index in [-0.39, 0.29) is 30.0 Å². The highest BCUT2D eigenvalue weighted by molar-refractivity contribution is 14.0. The number of nitrogens with two attached hydrogens (primary N) is 1. The molecule has 2 heterocycles. The van der Waals surface area contributed by atoms with Gasteiger partial charge in [0, 0.05) is 5.69 Å². The number of hydrogen-bond donors (Lipinski definition) is 2. The Labute approximate surface area is 179 Å². The molecule has 1 aliphatic heterocycles. The average Bonchev–Trinajstić information content (AvgIpc) is 3.36. The zero-order valence-corrected chi connectivity index (χ0v) is 18.6. The molecular formula is C21H31IN4O. The molecule has 1 aromatic heterocycles. The van der Waals surface area contributed by atoms with Gasteiger partial charge in [0.05, 0.1) is 18.8 Å². The van der Waals surface area contributed by atoms with E-state index in [9.17, 15) is 0 Å². The summed E-state index contributed by atoms with van der Waals surface area (Å²) in [5.41, 5.74) is 8.43. The maximum Gasteiger partial charge on any atom is 0.193 e. The van der Waals surface area contributed by atoms with Gasteiger partial charge in [-0.15, -0.1) is 24.0 Å². The van der Waals surface area contributed by atoms with Crippen molar-refractivity contribution in [2.24, 2.45) is 10.7 Å². The number of rotatable bonds is 7. The number of nitrogens with one attached hydrogen (secondary N) is 1. The van der Waals surface area contributed by atoms with E-state index >= 15 is 0 Å². The fraction of sp³-hybridized carbons (Fsp3) is 0.476. The van der Waals surface area contributed by atoms with E-state index in [4.69, 9.17) is 10.2 Å². The molecule has 1 aliphatic rings. The number of benzene rings is 1. The van der Waals surface area contributed by atoms with Gasteiger partial charge in [-0.2, -0.15) is 0 Å². The number of halogens is 1. The third-order valence-corrected chi connectivity index (χ3v) is 5.25. The monoisotopic (exact) mass is 482 g/mol. The molecule has 0 aliphatic carbocycles. The van der Waals surface area contributed by atoms with Crippen molar-refractivity contribution in [3.05, 3.63) is 54.0 Å². The van der Waals surface area contributed by atoms with Crippen molar-refractivity contribution in [2.45, 2.75) is 45.1 Å². The summed E-state index contributed by atoms with van der Waals surface area (Å²) in [4.78, 5) is 7.00. The second-order valence-electron chi connectivity index (χ2n) is 7.06. The molecule has 1 fully saturated rings. The lowest BCUT2D eigenvalue weighted by Crippen LogP contribution is -2.30. The van der Waals surface area contributed by atoms with Crippen LogP contribution in [0.4, 0.5) is 5.69 Å². The van der Waals surface area contributed by atoms with E-state index in [2.05, 4.69) is 53.3 Å². The third kappa shape index (κ3) is 5.97. The summed E-state index contributed by atoms with van der Waals surface area (Å²) in [5.74, 6) is 1.97. The topological polar surface area (TPSA) is 66.8 Å². The standard InChI is InChI=1S/C21H30N4O.HI/c1-3-16(2)17-8-10-18(11-9-17)24-21(22)23-15-19(20-7-6-14-26-20)25-12-4-5-13-25;/h6-11,14,16,19H,3-5,12-13,15H2,1-2H3,(H3,22,23,24);1H. The molecule has 2 atom stereocenters. The van der Waals surface area contributed by atoms with Gasteiger partial charge in [-0.1, -0.05) is 26.0 Å². The van der Waals surface area contributed by atoms with E-state index < -0.39 is 0 Å². The van der Waals surface area contributed by atoms with Crippen LogP contribution in [0.2, 0.25) is 0 Å². The van der Waals surface area contributed by atoms with E-state index in [0.29, 0.717) is 18.4 Å². The van der Waals surface area contributed by atoms with Crippen LogP contribution in [0.3, 0.4) is 0 Å². The van der Waals surface area contributed by atoms with Crippen molar-refractivity contribution in [2.75, 3.05) is 25.0 Å². The zero-order valence-electron chi connectivity index (χ0n) is 16.2. The van der Waals surface area contributed by atoms with Gasteiger partial charge >= 0.3 is 0 Å². The predicted octanol–water partition coefficient (Wildman–Crippen LogP) is 4.97. The van der Waals surface area contributed by atoms with Crippen molar-refractivity contribution in [1.82, 2.24) is 4.90 Å². The first-order chi connectivity index (χ1) is 12.7. The van der Waals surface area contributed by atoms with Crippen LogP contribution in [0, 0.1) is 0 Å². The van der Waals surface area contributed by atoms with Crippen LogP contribution in [0.1, 0.15) is 56.4 Å². The molecule has 1 saturated heterocycles. The first-order valence-corrected chi connectivity index (χ1v) is 9.61. The van der Waals surface area contributed by atoms with Gasteiger partial charge in [-0.25, -0.2) is 0 Å². The molecule has 0 amide bonds. The van der Waals surface area contributed by atoms with E-state index in [1.54, 1.807) is 6.26 Å². The van der Waals surface area contributed by atoms with Gasteiger partial charge in [0.2, 0.25) is 0 Å². The summed E-state index contributed by atoms with van der Waals surface area (Å²) >= 11 is 0. The van der Waals surface area contributed by atoms with Crippen LogP contribution in [0.25, 0.3) is 0 Å². The summed E-state index contributed by atoms with van der Waals surface area (Å²) < 4.78 is 5.63. The Balaban J connectivity index is 0.00000261. The van der Waals surface area contributed by atoms with Gasteiger partial charge in [0.25, 0.3) is 0 Å². The maximum absolute atomic E-state index is 6.12. The molecule has 27 heavy (non-hydrogen) atoms. The average molecular weight is 482 g/mol. The van der Waals surface area contributed by atoms with Crippen LogP contribution >= 0.6 is 24.0 Å². The minimum absolute atomic E-state index is 0. The van der Waals surface area contributed by atoms with Gasteiger partial charge in [0.1, 0.15) is 5.76 Å². The summed E-state index contributed by atoms with van der Waals surface area (Å²) in [6.07, 6.45) is 5.33. The zero-order chi connectivity index (χ0) is 18.4. The Morgan fingerprint density at radius 2 is 1.93 bits per heavy atom. The SMILES string of the molecule is CCC(C)c1ccc(NC(N)=NCC(c2ccco2)N2CCCC2)cc1.I. The first-order valence-electron chi connectivity index (χ1n) is 9.61. The van der Waals surface area contributed by atoms with E-state index in [0.717, 1.165) is 31.0 Å². The Bertz CT molecular complexity index is 693. The van der Waals surface area contributed by atoms with Crippen molar-refractivity contribution in [1.29, 1.82) is 0 Å². The lowest BCUT2D eigenvalue weighted by molar-refractivity contribution is 0.221. The quantitative estimate of drug-likeness (QED) is 0.332. The Morgan fingerprint density at radius 1 is 1.22 bits per heavy atom. The Hall–Kier alpha value is -1.54. The van der Waals surface area contributed by atoms with Crippen molar-refractivity contribution in [3.8, 4) is 0 Å². The lowest BCUT2D eigenvalue weighted by atomic mass is 9.99. The van der Waals surface area contributed by atoms with Crippen LogP contribution < -0.4 is 11.1 Å². The number of furan rings is 1. The highest BCUT2D eigenvalue weighted by atomic mass is 127. The molecule has 5 nitrogen and oxygen atoms in total. The fourth-order valence-electron chi connectivity index (χ4n) is 3.42. The number of guanidine groups is 1. The molecule has 0 radical (unpaired) electrons. The molecule has 1 aromatic carbocycles. The minimum Gasteiger partial charge on any atom is -0.468 e. The highest BCUT2D eigenvalue weighted by Crippen LogP contribution is 2.26. The third-order valence-electron chi connectivity index (χ3n) is 5.25. The minimum atomic E-state index is 0. The van der Waals surface area contributed by atoms with Crippen LogP contribution in [-0.2, 0) is 0 Å². The van der Waals surface area contributed by atoms with Crippen LogP contribution in [0.5, 0.6) is 0 Å². The van der Waals surface area contributed by atoms with Crippen molar-refractivity contribution >= 4 is 35.6 Å². The second-order valence-corrected chi connectivity index (χ2v) is 7.06. The van der Waals surface area contributed by atoms with Gasteiger partial charge < -0.3 is 15.5 Å². The maximum atomic E-state index is 6.12. The smallest absolute Gasteiger partial charge is 0.193 e. The van der Waals surface area contributed by atoms with Crippen molar-refractivity contribution < 1.29 is 4.42 Å². The number of aliphatic imine (C=N–C) groups is 1. The summed E-state index contributed by atoms with van der Waals surface area (Å²) in [7, 11) is 0. The van der Waals surface area contributed by atoms with Gasteiger partial charge in [-0.05, 0) is 68.1 Å². The largest absolute Gasteiger partial charge is 0.468 e. The molecule has 2 unspecified atom stereocenters. The fourth-order valence-corrected chi connectivity index (χ4v) is 3.42. The van der Waals surface area contributed by atoms with Gasteiger partial charge in [-0.3, -0.25) is 9.89 Å². The first kappa shape index (κ1) is 21.8. The molecule has 3 N–H and O–H groups in total. The molecule has 0 bridgehead atoms. The summed E-state index contributed by atoms with van der Waals surface area (Å²) in [6.45, 7) is 7.22. The molecule has 6 heteroatoms. The molecule has 0 saturated carbocycles. The molecule has 2 aromatic rings. The number of likely N-dealkylation sites (tertiary alicyclic amines) is 1. The lowest BCUT2D eigenvalue weighted by Gasteiger charge is -2.24. The van der Waals surface area contributed by atoms with Crippen LogP contribution in [-0.4, -0.2) is 30.5 Å². The van der Waals surface area contributed by atoms with E-state index in [1.807, 2.05) is 12.1 Å². The molecule has 3 rings (SSSR count). The predicted molar refractivity (Wildman–Crippen MR) is 123 cm³/mol. The Kier molecular flexibility index (Phi) is 8.63. The molecule has 0 spiro atoms. The van der Waals surface area contributed by atoms with Crippen molar-refractivity contribution in [3.63, 3.8) is 0 Å². The second kappa shape index (κ2) is 10.7. The van der Waals surface area contributed by atoms with Gasteiger partial charge in [0.15, 0.2) is 5.96 Å². The van der Waals surface area contributed by atoms with E-state index in [1.165, 1.54) is 18.4 Å². The Morgan fingerprint density at radius 3 is 2.52 bits per heavy atom. The number of nitrogens with zero attached hydrogens (tertiary/aromatic N) is 2. The summed E-state index contributed by atoms with van der Waals surface area (Å²) in [6, 6.07) is 12.5. The molecule has 148 valence electrons. The van der Waals surface area contributed by atoms with Crippen LogP contribution in [0.15, 0.2) is 52.1 Å². The normalized spacial score (nSPS) is 17.3. The molecular weight excluding hydrogens is 451 g/mol. The number of anilines is 1. The highest BCUT2D eigenvalue weighted by Gasteiger charge is 2.25. The summed E-state index contributed by atoms with van der Waals surface area (Å²) in [5, 5.41) is 3.20.